The number of carbonyl (C=O) groups excluding carboxylic acids is 1. The fraction of sp³-hybridized carbons (Fsp3) is 0.462. The Bertz CT molecular complexity index is 427. The largest absolute Gasteiger partial charge is 0.496 e. The summed E-state index contributed by atoms with van der Waals surface area (Å²) in [7, 11) is 3.14. The van der Waals surface area contributed by atoms with Gasteiger partial charge in [0.15, 0.2) is 0 Å². The standard InChI is InChI=1S/C13H17NO4/c1-9-11(16-2)7-10(8-12(9)17-3)13(15)14-5-4-6-18-14/h7-8H,4-6H2,1-3H3. The zero-order valence-corrected chi connectivity index (χ0v) is 10.9. The zero-order valence-electron chi connectivity index (χ0n) is 10.9. The molecule has 18 heavy (non-hydrogen) atoms. The molecular weight excluding hydrogens is 234 g/mol. The summed E-state index contributed by atoms with van der Waals surface area (Å²) in [5.74, 6) is 1.11. The van der Waals surface area contributed by atoms with Crippen LogP contribution in [0, 0.1) is 6.92 Å². The van der Waals surface area contributed by atoms with Crippen LogP contribution in [-0.2, 0) is 4.84 Å². The van der Waals surface area contributed by atoms with Crippen LogP contribution in [0.3, 0.4) is 0 Å². The Hall–Kier alpha value is -1.75. The summed E-state index contributed by atoms with van der Waals surface area (Å²) in [5.41, 5.74) is 1.38. The maximum atomic E-state index is 12.2. The Morgan fingerprint density at radius 3 is 2.33 bits per heavy atom. The van der Waals surface area contributed by atoms with E-state index < -0.39 is 0 Å². The van der Waals surface area contributed by atoms with Gasteiger partial charge in [0.25, 0.3) is 5.91 Å². The van der Waals surface area contributed by atoms with Gasteiger partial charge in [0.05, 0.1) is 27.4 Å². The zero-order chi connectivity index (χ0) is 13.1. The van der Waals surface area contributed by atoms with E-state index in [0.717, 1.165) is 12.0 Å². The second-order valence-corrected chi connectivity index (χ2v) is 4.10. The maximum Gasteiger partial charge on any atom is 0.277 e. The van der Waals surface area contributed by atoms with Crippen LogP contribution in [0.25, 0.3) is 0 Å². The number of ether oxygens (including phenoxy) is 2. The predicted molar refractivity (Wildman–Crippen MR) is 65.9 cm³/mol. The summed E-state index contributed by atoms with van der Waals surface area (Å²) >= 11 is 0. The summed E-state index contributed by atoms with van der Waals surface area (Å²) in [5, 5.41) is 1.38. The van der Waals surface area contributed by atoms with Crippen LogP contribution in [0.2, 0.25) is 0 Å². The molecule has 0 atom stereocenters. The molecule has 5 nitrogen and oxygen atoms in total. The highest BCUT2D eigenvalue weighted by atomic mass is 16.7. The number of amides is 1. The second-order valence-electron chi connectivity index (χ2n) is 4.10. The Labute approximate surface area is 106 Å². The first-order chi connectivity index (χ1) is 8.67. The number of methoxy groups -OCH3 is 2. The van der Waals surface area contributed by atoms with Gasteiger partial charge in [-0.15, -0.1) is 0 Å². The monoisotopic (exact) mass is 251 g/mol. The molecule has 5 heteroatoms. The lowest BCUT2D eigenvalue weighted by molar-refractivity contribution is -0.0768. The van der Waals surface area contributed by atoms with E-state index in [0.29, 0.717) is 30.2 Å². The molecule has 0 spiro atoms. The summed E-state index contributed by atoms with van der Waals surface area (Å²) in [4.78, 5) is 17.4. The molecule has 0 saturated carbocycles. The van der Waals surface area contributed by atoms with Crippen LogP contribution >= 0.6 is 0 Å². The molecule has 1 aromatic carbocycles. The minimum Gasteiger partial charge on any atom is -0.496 e. The highest BCUT2D eigenvalue weighted by Gasteiger charge is 2.22. The number of carbonyl (C=O) groups is 1. The third kappa shape index (κ3) is 2.26. The molecule has 1 fully saturated rings. The molecule has 1 saturated heterocycles. The molecule has 0 unspecified atom stereocenters. The minimum absolute atomic E-state index is 0.163. The summed E-state index contributed by atoms with van der Waals surface area (Å²) < 4.78 is 10.5. The average molecular weight is 251 g/mol. The second kappa shape index (κ2) is 5.27. The average Bonchev–Trinajstić information content (AvgIpc) is 2.92. The Balaban J connectivity index is 2.35. The molecule has 1 aliphatic rings. The molecule has 0 bridgehead atoms. The van der Waals surface area contributed by atoms with Gasteiger partial charge >= 0.3 is 0 Å². The molecule has 0 aromatic heterocycles. The van der Waals surface area contributed by atoms with E-state index in [-0.39, 0.29) is 5.91 Å². The smallest absolute Gasteiger partial charge is 0.277 e. The first kappa shape index (κ1) is 12.7. The van der Waals surface area contributed by atoms with E-state index in [4.69, 9.17) is 14.3 Å². The van der Waals surface area contributed by atoms with Crippen LogP contribution in [0.1, 0.15) is 22.3 Å². The molecule has 1 aromatic rings. The Morgan fingerprint density at radius 2 is 1.89 bits per heavy atom. The van der Waals surface area contributed by atoms with Crippen molar-refractivity contribution in [3.05, 3.63) is 23.3 Å². The van der Waals surface area contributed by atoms with Gasteiger partial charge in [0.1, 0.15) is 11.5 Å². The normalized spacial score (nSPS) is 14.7. The molecule has 2 rings (SSSR count). The first-order valence-electron chi connectivity index (χ1n) is 5.84. The predicted octanol–water partition coefficient (Wildman–Crippen LogP) is 1.79. The van der Waals surface area contributed by atoms with Gasteiger partial charge in [-0.3, -0.25) is 9.63 Å². The van der Waals surface area contributed by atoms with Crippen LogP contribution in [0.5, 0.6) is 11.5 Å². The van der Waals surface area contributed by atoms with Crippen molar-refractivity contribution < 1.29 is 19.1 Å². The van der Waals surface area contributed by atoms with Crippen LogP contribution in [0.15, 0.2) is 12.1 Å². The molecule has 98 valence electrons. The number of hydrogen-bond acceptors (Lipinski definition) is 4. The van der Waals surface area contributed by atoms with Crippen molar-refractivity contribution in [3.63, 3.8) is 0 Å². The van der Waals surface area contributed by atoms with Crippen molar-refractivity contribution in [2.75, 3.05) is 27.4 Å². The fourth-order valence-corrected chi connectivity index (χ4v) is 1.96. The summed E-state index contributed by atoms with van der Waals surface area (Å²) in [6.07, 6.45) is 0.867. The molecule has 1 amide bonds. The maximum absolute atomic E-state index is 12.2. The number of hydroxylamine groups is 2. The van der Waals surface area contributed by atoms with Gasteiger partial charge in [-0.1, -0.05) is 0 Å². The van der Waals surface area contributed by atoms with Crippen LogP contribution < -0.4 is 9.47 Å². The lowest BCUT2D eigenvalue weighted by Gasteiger charge is -2.16. The van der Waals surface area contributed by atoms with Crippen molar-refractivity contribution in [2.45, 2.75) is 13.3 Å². The number of rotatable bonds is 3. The SMILES string of the molecule is COc1cc(C(=O)N2CCCO2)cc(OC)c1C. The number of benzene rings is 1. The van der Waals surface area contributed by atoms with E-state index in [2.05, 4.69) is 0 Å². The Morgan fingerprint density at radius 1 is 1.28 bits per heavy atom. The highest BCUT2D eigenvalue weighted by Crippen LogP contribution is 2.30. The van der Waals surface area contributed by atoms with Gasteiger partial charge in [0.2, 0.25) is 0 Å². The first-order valence-corrected chi connectivity index (χ1v) is 5.84. The molecule has 0 N–H and O–H groups in total. The third-order valence-corrected chi connectivity index (χ3v) is 2.98. The van der Waals surface area contributed by atoms with E-state index in [1.54, 1.807) is 26.4 Å². The Kier molecular flexibility index (Phi) is 3.72. The number of hydrogen-bond donors (Lipinski definition) is 0. The van der Waals surface area contributed by atoms with Crippen molar-refractivity contribution >= 4 is 5.91 Å². The highest BCUT2D eigenvalue weighted by molar-refractivity contribution is 5.94. The van der Waals surface area contributed by atoms with Crippen LogP contribution in [0.4, 0.5) is 0 Å². The fourth-order valence-electron chi connectivity index (χ4n) is 1.96. The molecule has 0 radical (unpaired) electrons. The quantitative estimate of drug-likeness (QED) is 0.821. The van der Waals surface area contributed by atoms with Gasteiger partial charge < -0.3 is 9.47 Å². The molecular formula is C13H17NO4. The van der Waals surface area contributed by atoms with Gasteiger partial charge in [-0.25, -0.2) is 5.06 Å². The molecule has 0 aliphatic carbocycles. The van der Waals surface area contributed by atoms with Gasteiger partial charge in [0, 0.05) is 11.1 Å². The summed E-state index contributed by atoms with van der Waals surface area (Å²) in [6.45, 7) is 3.10. The van der Waals surface area contributed by atoms with Crippen molar-refractivity contribution in [1.29, 1.82) is 0 Å². The van der Waals surface area contributed by atoms with Crippen molar-refractivity contribution in [2.24, 2.45) is 0 Å². The van der Waals surface area contributed by atoms with E-state index in [9.17, 15) is 4.79 Å². The summed E-state index contributed by atoms with van der Waals surface area (Å²) in [6, 6.07) is 3.42. The van der Waals surface area contributed by atoms with Crippen molar-refractivity contribution in [1.82, 2.24) is 5.06 Å². The minimum atomic E-state index is -0.163. The van der Waals surface area contributed by atoms with E-state index in [1.165, 1.54) is 5.06 Å². The topological polar surface area (TPSA) is 48.0 Å². The third-order valence-electron chi connectivity index (χ3n) is 2.98. The van der Waals surface area contributed by atoms with Crippen LogP contribution in [-0.4, -0.2) is 38.3 Å². The van der Waals surface area contributed by atoms with E-state index >= 15 is 0 Å². The van der Waals surface area contributed by atoms with Gasteiger partial charge in [-0.05, 0) is 25.5 Å². The molecule has 1 heterocycles. The lowest BCUT2D eigenvalue weighted by atomic mass is 10.1. The lowest BCUT2D eigenvalue weighted by Crippen LogP contribution is -2.26. The molecule has 1 aliphatic heterocycles. The number of nitrogens with zero attached hydrogens (tertiary/aromatic N) is 1. The van der Waals surface area contributed by atoms with E-state index in [1.807, 2.05) is 6.92 Å². The van der Waals surface area contributed by atoms with Gasteiger partial charge in [-0.2, -0.15) is 0 Å². The van der Waals surface area contributed by atoms with Crippen molar-refractivity contribution in [3.8, 4) is 11.5 Å².